The topological polar surface area (TPSA) is 28.2 Å². The Kier molecular flexibility index (Phi) is 5.71. The van der Waals surface area contributed by atoms with Gasteiger partial charge in [0.15, 0.2) is 0 Å². The van der Waals surface area contributed by atoms with Crippen LogP contribution in [0.1, 0.15) is 33.3 Å². The fourth-order valence-electron chi connectivity index (χ4n) is 2.85. The lowest BCUT2D eigenvalue weighted by Gasteiger charge is -2.30. The van der Waals surface area contributed by atoms with Gasteiger partial charge in [0.1, 0.15) is 0 Å². The van der Waals surface area contributed by atoms with Gasteiger partial charge in [-0.2, -0.15) is 0 Å². The molecule has 0 saturated carbocycles. The van der Waals surface area contributed by atoms with Gasteiger partial charge in [-0.3, -0.25) is 9.88 Å². The summed E-state index contributed by atoms with van der Waals surface area (Å²) in [5, 5.41) is 4.76. The van der Waals surface area contributed by atoms with E-state index < -0.39 is 0 Å². The normalized spacial score (nSPS) is 12.0. The monoisotopic (exact) mass is 285 g/mol. The van der Waals surface area contributed by atoms with Gasteiger partial charge < -0.3 is 5.32 Å². The molecule has 0 radical (unpaired) electrons. The van der Waals surface area contributed by atoms with Crippen LogP contribution in [-0.4, -0.2) is 35.1 Å². The molecule has 0 amide bonds. The number of nitrogens with one attached hydrogen (secondary N) is 1. The number of hydrogen-bond donors (Lipinski definition) is 1. The van der Waals surface area contributed by atoms with Crippen molar-refractivity contribution < 1.29 is 0 Å². The van der Waals surface area contributed by atoms with E-state index in [4.69, 9.17) is 0 Å². The summed E-state index contributed by atoms with van der Waals surface area (Å²) in [5.41, 5.74) is 2.38. The summed E-state index contributed by atoms with van der Waals surface area (Å²) in [6.07, 6.45) is 1.87. The first-order valence-corrected chi connectivity index (χ1v) is 7.88. The number of hydrogen-bond acceptors (Lipinski definition) is 3. The van der Waals surface area contributed by atoms with Crippen LogP contribution in [0.3, 0.4) is 0 Å². The Hall–Kier alpha value is -1.45. The van der Waals surface area contributed by atoms with Crippen LogP contribution in [0.4, 0.5) is 0 Å². The molecule has 0 aliphatic rings. The molecule has 0 saturated heterocycles. The van der Waals surface area contributed by atoms with Crippen LogP contribution in [0, 0.1) is 0 Å². The lowest BCUT2D eigenvalue weighted by Crippen LogP contribution is -2.41. The summed E-state index contributed by atoms with van der Waals surface area (Å²) < 4.78 is 0. The molecule has 0 spiro atoms. The van der Waals surface area contributed by atoms with Gasteiger partial charge in [0.25, 0.3) is 0 Å². The van der Waals surface area contributed by atoms with Gasteiger partial charge in [0, 0.05) is 43.3 Å². The Bertz CT molecular complexity index is 550. The van der Waals surface area contributed by atoms with Crippen LogP contribution in [0.15, 0.2) is 36.5 Å². The summed E-state index contributed by atoms with van der Waals surface area (Å²) in [4.78, 5) is 7.01. The number of aromatic nitrogens is 1. The van der Waals surface area contributed by atoms with Crippen molar-refractivity contribution in [2.24, 2.45) is 0 Å². The Morgan fingerprint density at radius 3 is 2.48 bits per heavy atom. The fraction of sp³-hybridized carbons (Fsp3) is 0.500. The molecule has 1 heterocycles. The van der Waals surface area contributed by atoms with E-state index in [1.165, 1.54) is 10.9 Å². The molecule has 2 rings (SSSR count). The minimum atomic E-state index is 0.589. The number of benzene rings is 1. The highest BCUT2D eigenvalue weighted by atomic mass is 15.2. The Balaban J connectivity index is 1.91. The van der Waals surface area contributed by atoms with Crippen LogP contribution in [0.2, 0.25) is 0 Å². The zero-order valence-corrected chi connectivity index (χ0v) is 13.6. The molecule has 1 aromatic heterocycles. The van der Waals surface area contributed by atoms with Gasteiger partial charge >= 0.3 is 0 Å². The van der Waals surface area contributed by atoms with Crippen molar-refractivity contribution in [3.8, 4) is 0 Å². The van der Waals surface area contributed by atoms with Crippen molar-refractivity contribution in [3.05, 3.63) is 42.1 Å². The van der Waals surface area contributed by atoms with E-state index in [0.29, 0.717) is 12.1 Å². The fourth-order valence-corrected chi connectivity index (χ4v) is 2.85. The number of rotatable bonds is 7. The van der Waals surface area contributed by atoms with Gasteiger partial charge in [-0.05, 0) is 39.3 Å². The molecular formula is C18H27N3. The molecule has 1 aromatic carbocycles. The molecule has 0 atom stereocenters. The number of nitrogens with zero attached hydrogens (tertiary/aromatic N) is 2. The van der Waals surface area contributed by atoms with Crippen LogP contribution >= 0.6 is 0 Å². The standard InChI is InChI=1S/C18H27N3/c1-14(2)21(15(3)4)12-11-19-13-17-8-5-7-16-9-6-10-20-18(16)17/h5-10,14-15,19H,11-13H2,1-4H3. The van der Waals surface area contributed by atoms with E-state index in [2.05, 4.69) is 67.2 Å². The zero-order valence-electron chi connectivity index (χ0n) is 13.6. The van der Waals surface area contributed by atoms with Crippen molar-refractivity contribution in [2.75, 3.05) is 13.1 Å². The first kappa shape index (κ1) is 15.9. The minimum Gasteiger partial charge on any atom is -0.311 e. The summed E-state index contributed by atoms with van der Waals surface area (Å²) in [6, 6.07) is 11.7. The predicted molar refractivity (Wildman–Crippen MR) is 90.4 cm³/mol. The molecule has 3 nitrogen and oxygen atoms in total. The van der Waals surface area contributed by atoms with Crippen molar-refractivity contribution in [1.29, 1.82) is 0 Å². The number of fused-ring (bicyclic) bond motifs is 1. The number of pyridine rings is 1. The van der Waals surface area contributed by atoms with Gasteiger partial charge in [-0.25, -0.2) is 0 Å². The van der Waals surface area contributed by atoms with Gasteiger partial charge in [-0.1, -0.05) is 24.3 Å². The average Bonchev–Trinajstić information content (AvgIpc) is 2.46. The SMILES string of the molecule is CC(C)N(CCNCc1cccc2cccnc12)C(C)C. The molecule has 0 aliphatic carbocycles. The third-order valence-corrected chi connectivity index (χ3v) is 3.91. The lowest BCUT2D eigenvalue weighted by atomic mass is 10.1. The largest absolute Gasteiger partial charge is 0.311 e. The molecule has 21 heavy (non-hydrogen) atoms. The first-order valence-electron chi connectivity index (χ1n) is 7.88. The highest BCUT2D eigenvalue weighted by Gasteiger charge is 2.12. The third kappa shape index (κ3) is 4.26. The maximum atomic E-state index is 4.50. The molecule has 1 N–H and O–H groups in total. The zero-order chi connectivity index (χ0) is 15.2. The highest BCUT2D eigenvalue weighted by molar-refractivity contribution is 5.81. The van der Waals surface area contributed by atoms with Crippen LogP contribution in [0.25, 0.3) is 10.9 Å². The Morgan fingerprint density at radius 1 is 1.05 bits per heavy atom. The first-order chi connectivity index (χ1) is 10.1. The van der Waals surface area contributed by atoms with Crippen molar-refractivity contribution >= 4 is 10.9 Å². The van der Waals surface area contributed by atoms with E-state index in [0.717, 1.165) is 25.2 Å². The summed E-state index contributed by atoms with van der Waals surface area (Å²) in [5.74, 6) is 0. The average molecular weight is 285 g/mol. The van der Waals surface area contributed by atoms with E-state index >= 15 is 0 Å². The molecule has 0 aliphatic heterocycles. The molecule has 0 fully saturated rings. The molecule has 0 bridgehead atoms. The predicted octanol–water partition coefficient (Wildman–Crippen LogP) is 3.44. The lowest BCUT2D eigenvalue weighted by molar-refractivity contribution is 0.176. The van der Waals surface area contributed by atoms with E-state index in [1.807, 2.05) is 12.3 Å². The molecular weight excluding hydrogens is 258 g/mol. The third-order valence-electron chi connectivity index (χ3n) is 3.91. The summed E-state index contributed by atoms with van der Waals surface area (Å²) in [6.45, 7) is 12.0. The van der Waals surface area contributed by atoms with E-state index in [1.54, 1.807) is 0 Å². The molecule has 114 valence electrons. The second-order valence-corrected chi connectivity index (χ2v) is 6.09. The Morgan fingerprint density at radius 2 is 1.76 bits per heavy atom. The van der Waals surface area contributed by atoms with Crippen LogP contribution in [-0.2, 0) is 6.54 Å². The van der Waals surface area contributed by atoms with Gasteiger partial charge in [-0.15, -0.1) is 0 Å². The van der Waals surface area contributed by atoms with Crippen molar-refractivity contribution in [2.45, 2.75) is 46.3 Å². The highest BCUT2D eigenvalue weighted by Crippen LogP contribution is 2.15. The summed E-state index contributed by atoms with van der Waals surface area (Å²) >= 11 is 0. The Labute approximate surface area is 128 Å². The molecule has 3 heteroatoms. The van der Waals surface area contributed by atoms with Crippen molar-refractivity contribution in [3.63, 3.8) is 0 Å². The van der Waals surface area contributed by atoms with Gasteiger partial charge in [0.2, 0.25) is 0 Å². The van der Waals surface area contributed by atoms with Crippen molar-refractivity contribution in [1.82, 2.24) is 15.2 Å². The molecule has 2 aromatic rings. The smallest absolute Gasteiger partial charge is 0.0746 e. The van der Waals surface area contributed by atoms with E-state index in [9.17, 15) is 0 Å². The molecule has 0 unspecified atom stereocenters. The minimum absolute atomic E-state index is 0.589. The second kappa shape index (κ2) is 7.53. The van der Waals surface area contributed by atoms with Crippen LogP contribution < -0.4 is 5.32 Å². The quantitative estimate of drug-likeness (QED) is 0.790. The maximum Gasteiger partial charge on any atom is 0.0746 e. The van der Waals surface area contributed by atoms with Gasteiger partial charge in [0.05, 0.1) is 5.52 Å². The summed E-state index contributed by atoms with van der Waals surface area (Å²) in [7, 11) is 0. The maximum absolute atomic E-state index is 4.50. The second-order valence-electron chi connectivity index (χ2n) is 6.09. The van der Waals surface area contributed by atoms with E-state index in [-0.39, 0.29) is 0 Å². The van der Waals surface area contributed by atoms with Crippen LogP contribution in [0.5, 0.6) is 0 Å². The number of para-hydroxylation sites is 1.